The van der Waals surface area contributed by atoms with Gasteiger partial charge in [0.2, 0.25) is 0 Å². The van der Waals surface area contributed by atoms with Crippen LogP contribution in [0.3, 0.4) is 0 Å². The lowest BCUT2D eigenvalue weighted by Gasteiger charge is -2.26. The zero-order valence-electron chi connectivity index (χ0n) is 10.7. The van der Waals surface area contributed by atoms with Crippen molar-refractivity contribution in [2.24, 2.45) is 5.73 Å². The molecular weight excluding hydrogens is 224 g/mol. The number of hydrogen-bond acceptors (Lipinski definition) is 3. The first-order valence-corrected chi connectivity index (χ1v) is 5.99. The van der Waals surface area contributed by atoms with E-state index >= 15 is 0 Å². The number of amidine groups is 1. The van der Waals surface area contributed by atoms with Gasteiger partial charge in [-0.2, -0.15) is 0 Å². The van der Waals surface area contributed by atoms with Crippen molar-refractivity contribution in [3.8, 4) is 0 Å². The van der Waals surface area contributed by atoms with Gasteiger partial charge in [-0.25, -0.2) is 4.98 Å². The molecule has 2 rings (SSSR count). The average Bonchev–Trinajstić information content (AvgIpc) is 2.36. The summed E-state index contributed by atoms with van der Waals surface area (Å²) in [5.41, 5.74) is 5.46. The molecule has 4 nitrogen and oxygen atoms in total. The number of aromatic nitrogens is 1. The molecule has 94 valence electrons. The molecule has 0 spiro atoms. The number of rotatable bonds is 4. The summed E-state index contributed by atoms with van der Waals surface area (Å²) in [5, 5.41) is 9.67. The predicted molar refractivity (Wildman–Crippen MR) is 76.1 cm³/mol. The summed E-state index contributed by atoms with van der Waals surface area (Å²) >= 11 is 0. The summed E-state index contributed by atoms with van der Waals surface area (Å²) in [5.74, 6) is 1.14. The third kappa shape index (κ3) is 2.42. The van der Waals surface area contributed by atoms with Crippen LogP contribution in [0.5, 0.6) is 0 Å². The standard InChI is InChI=1S/C14H18N4/c1-10(9-13(15)16)18(2)14-12-6-4-3-5-11(12)7-8-17-14/h3-8,10H,9H2,1-2H3,(H3,15,16). The van der Waals surface area contributed by atoms with E-state index in [0.29, 0.717) is 6.42 Å². The summed E-state index contributed by atoms with van der Waals surface area (Å²) in [6.07, 6.45) is 2.36. The third-order valence-electron chi connectivity index (χ3n) is 3.16. The van der Waals surface area contributed by atoms with Gasteiger partial charge < -0.3 is 10.6 Å². The van der Waals surface area contributed by atoms with Crippen molar-refractivity contribution in [1.82, 2.24) is 4.98 Å². The van der Waals surface area contributed by atoms with Crippen LogP contribution in [0.2, 0.25) is 0 Å². The molecule has 4 heteroatoms. The highest BCUT2D eigenvalue weighted by atomic mass is 15.2. The summed E-state index contributed by atoms with van der Waals surface area (Å²) in [7, 11) is 1.99. The van der Waals surface area contributed by atoms with Crippen molar-refractivity contribution in [2.45, 2.75) is 19.4 Å². The quantitative estimate of drug-likeness (QED) is 0.639. The summed E-state index contributed by atoms with van der Waals surface area (Å²) in [6.45, 7) is 2.05. The van der Waals surface area contributed by atoms with E-state index in [0.717, 1.165) is 11.2 Å². The number of nitrogens with zero attached hydrogens (tertiary/aromatic N) is 2. The highest BCUT2D eigenvalue weighted by Crippen LogP contribution is 2.24. The lowest BCUT2D eigenvalue weighted by atomic mass is 10.1. The van der Waals surface area contributed by atoms with E-state index in [1.165, 1.54) is 5.39 Å². The van der Waals surface area contributed by atoms with Gasteiger partial charge in [0.15, 0.2) is 0 Å². The Kier molecular flexibility index (Phi) is 3.46. The molecule has 18 heavy (non-hydrogen) atoms. The SMILES string of the molecule is CC(CC(=N)N)N(C)c1nccc2ccccc12. The number of hydrogen-bond donors (Lipinski definition) is 2. The fourth-order valence-corrected chi connectivity index (χ4v) is 2.05. The van der Waals surface area contributed by atoms with Crippen LogP contribution in [0.15, 0.2) is 36.5 Å². The molecule has 0 fully saturated rings. The van der Waals surface area contributed by atoms with Gasteiger partial charge in [0.25, 0.3) is 0 Å². The molecule has 1 unspecified atom stereocenters. The van der Waals surface area contributed by atoms with Crippen LogP contribution >= 0.6 is 0 Å². The smallest absolute Gasteiger partial charge is 0.136 e. The molecule has 0 saturated heterocycles. The Balaban J connectivity index is 2.38. The van der Waals surface area contributed by atoms with Crippen molar-refractivity contribution in [3.63, 3.8) is 0 Å². The lowest BCUT2D eigenvalue weighted by molar-refractivity contribution is 0.702. The number of nitrogens with one attached hydrogen (secondary N) is 1. The Hall–Kier alpha value is -2.10. The molecule has 3 N–H and O–H groups in total. The van der Waals surface area contributed by atoms with Gasteiger partial charge in [0.1, 0.15) is 5.82 Å². The molecule has 0 aliphatic rings. The van der Waals surface area contributed by atoms with Gasteiger partial charge >= 0.3 is 0 Å². The summed E-state index contributed by atoms with van der Waals surface area (Å²) in [6, 6.07) is 10.3. The van der Waals surface area contributed by atoms with Crippen molar-refractivity contribution in [1.29, 1.82) is 5.41 Å². The largest absolute Gasteiger partial charge is 0.388 e. The fourth-order valence-electron chi connectivity index (χ4n) is 2.05. The van der Waals surface area contributed by atoms with Crippen LogP contribution < -0.4 is 10.6 Å². The van der Waals surface area contributed by atoms with E-state index in [4.69, 9.17) is 11.1 Å². The Morgan fingerprint density at radius 3 is 2.83 bits per heavy atom. The molecular formula is C14H18N4. The zero-order chi connectivity index (χ0) is 13.1. The Morgan fingerprint density at radius 2 is 2.11 bits per heavy atom. The Bertz CT molecular complexity index is 559. The highest BCUT2D eigenvalue weighted by molar-refractivity contribution is 5.92. The summed E-state index contributed by atoms with van der Waals surface area (Å²) in [4.78, 5) is 6.52. The maximum atomic E-state index is 7.37. The molecule has 1 aromatic carbocycles. The summed E-state index contributed by atoms with van der Waals surface area (Å²) < 4.78 is 0. The van der Waals surface area contributed by atoms with E-state index < -0.39 is 0 Å². The fraction of sp³-hybridized carbons (Fsp3) is 0.286. The molecule has 2 aromatic rings. The molecule has 0 bridgehead atoms. The molecule has 1 aromatic heterocycles. The number of fused-ring (bicyclic) bond motifs is 1. The van der Waals surface area contributed by atoms with Gasteiger partial charge in [0.05, 0.1) is 5.84 Å². The normalized spacial score (nSPS) is 12.3. The van der Waals surface area contributed by atoms with Gasteiger partial charge in [-0.3, -0.25) is 5.41 Å². The minimum atomic E-state index is 0.154. The molecule has 0 aliphatic heterocycles. The second-order valence-corrected chi connectivity index (χ2v) is 4.54. The first-order chi connectivity index (χ1) is 8.59. The van der Waals surface area contributed by atoms with E-state index in [-0.39, 0.29) is 11.9 Å². The van der Waals surface area contributed by atoms with E-state index in [1.807, 2.05) is 38.4 Å². The van der Waals surface area contributed by atoms with Crippen molar-refractivity contribution in [2.75, 3.05) is 11.9 Å². The maximum Gasteiger partial charge on any atom is 0.136 e. The zero-order valence-corrected chi connectivity index (χ0v) is 10.7. The topological polar surface area (TPSA) is 66.0 Å². The van der Waals surface area contributed by atoms with Gasteiger partial charge in [-0.1, -0.05) is 24.3 Å². The van der Waals surface area contributed by atoms with Gasteiger partial charge in [0, 0.05) is 31.1 Å². The second kappa shape index (κ2) is 5.04. The predicted octanol–water partition coefficient (Wildman–Crippen LogP) is 2.39. The number of benzene rings is 1. The van der Waals surface area contributed by atoms with Crippen molar-refractivity contribution >= 4 is 22.4 Å². The van der Waals surface area contributed by atoms with Crippen LogP contribution in [0.25, 0.3) is 10.8 Å². The third-order valence-corrected chi connectivity index (χ3v) is 3.16. The monoisotopic (exact) mass is 242 g/mol. The molecule has 0 aliphatic carbocycles. The van der Waals surface area contributed by atoms with Crippen LogP contribution in [0.1, 0.15) is 13.3 Å². The first-order valence-electron chi connectivity index (χ1n) is 5.99. The highest BCUT2D eigenvalue weighted by Gasteiger charge is 2.14. The van der Waals surface area contributed by atoms with Crippen molar-refractivity contribution in [3.05, 3.63) is 36.5 Å². The lowest BCUT2D eigenvalue weighted by Crippen LogP contribution is -2.33. The molecule has 0 saturated carbocycles. The van der Waals surface area contributed by atoms with Crippen LogP contribution in [0.4, 0.5) is 5.82 Å². The molecule has 1 heterocycles. The van der Waals surface area contributed by atoms with Crippen LogP contribution in [0, 0.1) is 5.41 Å². The van der Waals surface area contributed by atoms with E-state index in [1.54, 1.807) is 0 Å². The number of pyridine rings is 1. The van der Waals surface area contributed by atoms with Gasteiger partial charge in [-0.05, 0) is 18.4 Å². The van der Waals surface area contributed by atoms with Gasteiger partial charge in [-0.15, -0.1) is 0 Å². The molecule has 1 atom stereocenters. The minimum absolute atomic E-state index is 0.154. The van der Waals surface area contributed by atoms with Crippen LogP contribution in [-0.2, 0) is 0 Å². The Morgan fingerprint density at radius 1 is 1.39 bits per heavy atom. The minimum Gasteiger partial charge on any atom is -0.388 e. The number of anilines is 1. The molecule has 0 amide bonds. The van der Waals surface area contributed by atoms with Crippen LogP contribution in [-0.4, -0.2) is 23.9 Å². The van der Waals surface area contributed by atoms with E-state index in [9.17, 15) is 0 Å². The number of nitrogens with two attached hydrogens (primary N) is 1. The Labute approximate surface area is 107 Å². The molecule has 0 radical (unpaired) electrons. The maximum absolute atomic E-state index is 7.37. The van der Waals surface area contributed by atoms with E-state index in [2.05, 4.69) is 22.0 Å². The van der Waals surface area contributed by atoms with Crippen molar-refractivity contribution < 1.29 is 0 Å². The first kappa shape index (κ1) is 12.4. The average molecular weight is 242 g/mol. The second-order valence-electron chi connectivity index (χ2n) is 4.54.